The first kappa shape index (κ1) is 17.2. The second-order valence-corrected chi connectivity index (χ2v) is 6.03. The Morgan fingerprint density at radius 1 is 1.35 bits per heavy atom. The van der Waals surface area contributed by atoms with Crippen molar-refractivity contribution in [3.05, 3.63) is 63.9 Å². The quantitative estimate of drug-likeness (QED) is 0.487. The van der Waals surface area contributed by atoms with E-state index in [-0.39, 0.29) is 11.7 Å². The first-order valence-corrected chi connectivity index (χ1v) is 8.17. The van der Waals surface area contributed by atoms with Gasteiger partial charge in [-0.3, -0.25) is 0 Å². The molecule has 0 N–H and O–H groups in total. The summed E-state index contributed by atoms with van der Waals surface area (Å²) in [7, 11) is 0. The van der Waals surface area contributed by atoms with E-state index < -0.39 is 5.82 Å². The first-order chi connectivity index (χ1) is 11.0. The largest absolute Gasteiger partial charge is 0.490 e. The molecule has 0 spiro atoms. The van der Waals surface area contributed by atoms with Gasteiger partial charge in [0.25, 0.3) is 0 Å². The van der Waals surface area contributed by atoms with Crippen molar-refractivity contribution in [2.75, 3.05) is 0 Å². The molecule has 0 aliphatic heterocycles. The van der Waals surface area contributed by atoms with Gasteiger partial charge in [0.2, 0.25) is 0 Å². The van der Waals surface area contributed by atoms with Gasteiger partial charge in [-0.15, -0.1) is 0 Å². The van der Waals surface area contributed by atoms with Gasteiger partial charge in [0.05, 0.1) is 22.2 Å². The molecule has 23 heavy (non-hydrogen) atoms. The fourth-order valence-electron chi connectivity index (χ4n) is 2.02. The second-order valence-electron chi connectivity index (χ2n) is 5.18. The first-order valence-electron chi connectivity index (χ1n) is 7.38. The zero-order valence-corrected chi connectivity index (χ0v) is 14.6. The molecule has 0 fully saturated rings. The van der Waals surface area contributed by atoms with Crippen LogP contribution in [0.5, 0.6) is 5.75 Å². The minimum Gasteiger partial charge on any atom is -0.490 e. The summed E-state index contributed by atoms with van der Waals surface area (Å²) in [6.07, 6.45) is 2.71. The van der Waals surface area contributed by atoms with Crippen LogP contribution in [0.1, 0.15) is 31.4 Å². The molecule has 0 bridgehead atoms. The minimum atomic E-state index is -0.406. The molecule has 2 rings (SSSR count). The maximum Gasteiger partial charge on any atom is 0.133 e. The van der Waals surface area contributed by atoms with E-state index in [4.69, 9.17) is 4.74 Å². The lowest BCUT2D eigenvalue weighted by molar-refractivity contribution is 0.216. The molecule has 0 radical (unpaired) electrons. The third-order valence-electron chi connectivity index (χ3n) is 3.45. The topological polar surface area (TPSA) is 33.0 Å². The Kier molecular flexibility index (Phi) is 5.95. The normalized spacial score (nSPS) is 12.6. The fraction of sp³-hybridized carbons (Fsp3) is 0.211. The van der Waals surface area contributed by atoms with Gasteiger partial charge in [-0.1, -0.05) is 31.2 Å². The molecule has 0 unspecified atom stereocenters. The Balaban J connectivity index is 2.33. The zero-order valence-electron chi connectivity index (χ0n) is 13.0. The Morgan fingerprint density at radius 3 is 2.70 bits per heavy atom. The Hall–Kier alpha value is -2.12. The predicted molar refractivity (Wildman–Crippen MR) is 94.4 cm³/mol. The molecule has 0 saturated carbocycles. The predicted octanol–water partition coefficient (Wildman–Crippen LogP) is 5.83. The lowest BCUT2D eigenvalue weighted by atomic mass is 10.0. The summed E-state index contributed by atoms with van der Waals surface area (Å²) >= 11 is 3.48. The Morgan fingerprint density at radius 2 is 2.09 bits per heavy atom. The van der Waals surface area contributed by atoms with Crippen molar-refractivity contribution in [1.29, 1.82) is 5.26 Å². The van der Waals surface area contributed by atoms with E-state index in [1.807, 2.05) is 25.1 Å². The van der Waals surface area contributed by atoms with Crippen LogP contribution in [0.3, 0.4) is 0 Å². The standard InChI is InChI=1S/C19H17BrFNO/c1-3-13(2)23-19-9-8-14(11-17(19)20)10-15(12-22)16-6-4-5-7-18(16)21/h4-11,13H,3H2,1-2H3/b15-10-/t13-/m0/s1. The fourth-order valence-corrected chi connectivity index (χ4v) is 2.51. The van der Waals surface area contributed by atoms with Crippen molar-refractivity contribution >= 4 is 27.6 Å². The van der Waals surface area contributed by atoms with Crippen molar-refractivity contribution in [2.45, 2.75) is 26.4 Å². The summed E-state index contributed by atoms with van der Waals surface area (Å²) in [5.74, 6) is 0.344. The van der Waals surface area contributed by atoms with Crippen molar-refractivity contribution in [3.63, 3.8) is 0 Å². The number of nitriles is 1. The van der Waals surface area contributed by atoms with E-state index in [9.17, 15) is 9.65 Å². The van der Waals surface area contributed by atoms with Crippen LogP contribution in [0.15, 0.2) is 46.9 Å². The van der Waals surface area contributed by atoms with Crippen LogP contribution in [0, 0.1) is 17.1 Å². The summed E-state index contributed by atoms with van der Waals surface area (Å²) in [6, 6.07) is 13.9. The van der Waals surface area contributed by atoms with Crippen LogP contribution in [0.25, 0.3) is 11.6 Å². The van der Waals surface area contributed by atoms with E-state index in [0.29, 0.717) is 5.56 Å². The SMILES string of the molecule is CC[C@H](C)Oc1ccc(/C=C(/C#N)c2ccccc2F)cc1Br. The lowest BCUT2D eigenvalue weighted by Gasteiger charge is -2.14. The van der Waals surface area contributed by atoms with E-state index in [0.717, 1.165) is 22.2 Å². The molecular weight excluding hydrogens is 357 g/mol. The molecule has 2 nitrogen and oxygen atoms in total. The number of rotatable bonds is 5. The molecule has 2 aromatic carbocycles. The van der Waals surface area contributed by atoms with E-state index >= 15 is 0 Å². The number of halogens is 2. The Bertz CT molecular complexity index is 764. The van der Waals surface area contributed by atoms with E-state index in [2.05, 4.69) is 28.9 Å². The Labute approximate surface area is 144 Å². The van der Waals surface area contributed by atoms with Gasteiger partial charge in [-0.05, 0) is 59.1 Å². The van der Waals surface area contributed by atoms with Crippen LogP contribution in [0.4, 0.5) is 4.39 Å². The summed E-state index contributed by atoms with van der Waals surface area (Å²) < 4.78 is 20.4. The summed E-state index contributed by atoms with van der Waals surface area (Å²) in [5.41, 5.74) is 1.38. The van der Waals surface area contributed by atoms with Crippen LogP contribution in [-0.4, -0.2) is 6.10 Å². The molecule has 0 saturated heterocycles. The number of hydrogen-bond acceptors (Lipinski definition) is 2. The van der Waals surface area contributed by atoms with Crippen molar-refractivity contribution in [1.82, 2.24) is 0 Å². The minimum absolute atomic E-state index is 0.126. The van der Waals surface area contributed by atoms with Crippen LogP contribution in [-0.2, 0) is 0 Å². The number of nitrogens with zero attached hydrogens (tertiary/aromatic N) is 1. The average molecular weight is 374 g/mol. The number of benzene rings is 2. The van der Waals surface area contributed by atoms with Crippen molar-refractivity contribution < 1.29 is 9.13 Å². The van der Waals surface area contributed by atoms with Gasteiger partial charge >= 0.3 is 0 Å². The van der Waals surface area contributed by atoms with Crippen molar-refractivity contribution in [2.24, 2.45) is 0 Å². The summed E-state index contributed by atoms with van der Waals surface area (Å²) in [5, 5.41) is 9.32. The monoisotopic (exact) mass is 373 g/mol. The van der Waals surface area contributed by atoms with Gasteiger partial charge in [-0.25, -0.2) is 4.39 Å². The summed E-state index contributed by atoms with van der Waals surface area (Å²) in [6.45, 7) is 4.06. The molecule has 0 aliphatic rings. The zero-order chi connectivity index (χ0) is 16.8. The third-order valence-corrected chi connectivity index (χ3v) is 4.07. The number of ether oxygens (including phenoxy) is 1. The van der Waals surface area contributed by atoms with Gasteiger partial charge < -0.3 is 4.74 Å². The molecule has 2 aromatic rings. The van der Waals surface area contributed by atoms with Crippen LogP contribution in [0.2, 0.25) is 0 Å². The van der Waals surface area contributed by atoms with E-state index in [1.54, 1.807) is 24.3 Å². The molecule has 0 amide bonds. The number of allylic oxidation sites excluding steroid dienone is 1. The highest BCUT2D eigenvalue weighted by molar-refractivity contribution is 9.10. The molecule has 0 heterocycles. The van der Waals surface area contributed by atoms with Crippen molar-refractivity contribution in [3.8, 4) is 11.8 Å². The highest BCUT2D eigenvalue weighted by Gasteiger charge is 2.09. The molecule has 118 valence electrons. The molecule has 4 heteroatoms. The van der Waals surface area contributed by atoms with Gasteiger partial charge in [0, 0.05) is 5.56 Å². The average Bonchev–Trinajstić information content (AvgIpc) is 2.55. The van der Waals surface area contributed by atoms with Gasteiger partial charge in [0.1, 0.15) is 11.6 Å². The maximum atomic E-state index is 13.8. The third kappa shape index (κ3) is 4.43. The smallest absolute Gasteiger partial charge is 0.133 e. The van der Waals surface area contributed by atoms with Gasteiger partial charge in [-0.2, -0.15) is 5.26 Å². The van der Waals surface area contributed by atoms with E-state index in [1.165, 1.54) is 6.07 Å². The number of hydrogen-bond donors (Lipinski definition) is 0. The highest BCUT2D eigenvalue weighted by atomic mass is 79.9. The molecular formula is C19H17BrFNO. The van der Waals surface area contributed by atoms with Gasteiger partial charge in [0.15, 0.2) is 0 Å². The molecule has 0 aliphatic carbocycles. The second kappa shape index (κ2) is 7.94. The lowest BCUT2D eigenvalue weighted by Crippen LogP contribution is -2.09. The summed E-state index contributed by atoms with van der Waals surface area (Å²) in [4.78, 5) is 0. The molecule has 0 aromatic heterocycles. The van der Waals surface area contributed by atoms with Crippen LogP contribution >= 0.6 is 15.9 Å². The van der Waals surface area contributed by atoms with Crippen LogP contribution < -0.4 is 4.74 Å². The maximum absolute atomic E-state index is 13.8. The highest BCUT2D eigenvalue weighted by Crippen LogP contribution is 2.29. The molecule has 1 atom stereocenters.